The zero-order valence-corrected chi connectivity index (χ0v) is 21.4. The van der Waals surface area contributed by atoms with Crippen molar-refractivity contribution in [1.82, 2.24) is 0 Å². The Kier molecular flexibility index (Phi) is 4.99. The van der Waals surface area contributed by atoms with Crippen molar-refractivity contribution in [3.8, 4) is 11.3 Å². The first-order valence-corrected chi connectivity index (χ1v) is 13.2. The quantitative estimate of drug-likeness (QED) is 0.285. The molecular formula is C32H37N2+. The van der Waals surface area contributed by atoms with Crippen LogP contribution in [0.2, 0.25) is 0 Å². The zero-order chi connectivity index (χ0) is 23.6. The molecule has 2 heterocycles. The Hall–Kier alpha value is -2.87. The predicted octanol–water partition coefficient (Wildman–Crippen LogP) is 8.34. The molecule has 1 aliphatic carbocycles. The third-order valence-corrected chi connectivity index (χ3v) is 9.50. The molecule has 0 spiro atoms. The van der Waals surface area contributed by atoms with E-state index in [1.165, 1.54) is 93.8 Å². The van der Waals surface area contributed by atoms with E-state index >= 15 is 0 Å². The lowest BCUT2D eigenvalue weighted by Crippen LogP contribution is -2.33. The molecule has 1 fully saturated rings. The number of rotatable bonds is 3. The molecule has 0 saturated heterocycles. The lowest BCUT2D eigenvalue weighted by atomic mass is 9.66. The maximum atomic E-state index is 2.52. The van der Waals surface area contributed by atoms with Crippen molar-refractivity contribution in [2.45, 2.75) is 65.2 Å². The van der Waals surface area contributed by atoms with Gasteiger partial charge in [0.1, 0.15) is 7.05 Å². The van der Waals surface area contributed by atoms with Crippen molar-refractivity contribution in [2.24, 2.45) is 12.5 Å². The van der Waals surface area contributed by atoms with Crippen LogP contribution in [0.3, 0.4) is 0 Å². The minimum atomic E-state index is 0.580. The highest BCUT2D eigenvalue weighted by molar-refractivity contribution is 6.13. The molecule has 4 aromatic rings. The summed E-state index contributed by atoms with van der Waals surface area (Å²) in [5, 5.41) is 5.45. The number of aryl methyl sites for hydroxylation is 2. The lowest BCUT2D eigenvalue weighted by molar-refractivity contribution is -0.659. The van der Waals surface area contributed by atoms with Gasteiger partial charge in [0.2, 0.25) is 5.69 Å². The number of anilines is 2. The van der Waals surface area contributed by atoms with Crippen LogP contribution in [0.4, 0.5) is 11.4 Å². The van der Waals surface area contributed by atoms with Crippen molar-refractivity contribution < 1.29 is 4.57 Å². The highest BCUT2D eigenvalue weighted by atomic mass is 15.1. The zero-order valence-electron chi connectivity index (χ0n) is 21.4. The van der Waals surface area contributed by atoms with Crippen LogP contribution in [0.5, 0.6) is 0 Å². The molecule has 0 atom stereocenters. The smallest absolute Gasteiger partial charge is 0.224 e. The van der Waals surface area contributed by atoms with Crippen LogP contribution >= 0.6 is 0 Å². The van der Waals surface area contributed by atoms with Crippen molar-refractivity contribution >= 4 is 32.9 Å². The van der Waals surface area contributed by atoms with E-state index in [2.05, 4.69) is 99.1 Å². The van der Waals surface area contributed by atoms with E-state index in [4.69, 9.17) is 0 Å². The van der Waals surface area contributed by atoms with Gasteiger partial charge < -0.3 is 4.90 Å². The Labute approximate surface area is 204 Å². The predicted molar refractivity (Wildman–Crippen MR) is 145 cm³/mol. The molecule has 0 unspecified atom stereocenters. The number of hydrogen-bond donors (Lipinski definition) is 0. The second-order valence-corrected chi connectivity index (χ2v) is 10.9. The third-order valence-electron chi connectivity index (χ3n) is 9.50. The summed E-state index contributed by atoms with van der Waals surface area (Å²) in [5.74, 6) is 0.678. The first-order chi connectivity index (χ1) is 16.5. The normalized spacial score (nSPS) is 17.4. The topological polar surface area (TPSA) is 7.12 Å². The van der Waals surface area contributed by atoms with Crippen LogP contribution in [-0.2, 0) is 7.05 Å². The van der Waals surface area contributed by atoms with Gasteiger partial charge in [0.25, 0.3) is 0 Å². The molecule has 2 nitrogen and oxygen atoms in total. The van der Waals surface area contributed by atoms with Crippen LogP contribution in [-0.4, -0.2) is 7.05 Å². The molecule has 34 heavy (non-hydrogen) atoms. The molecule has 1 aliphatic heterocycles. The SMILES string of the molecule is CCC1(CC)CCC(c2cc3c4c([n+](C)ccc4c2)-c2c(cc4ccccc4c2C)N3C)CC1. The van der Waals surface area contributed by atoms with E-state index in [0.717, 1.165) is 0 Å². The fraction of sp³-hybridized carbons (Fsp3) is 0.406. The van der Waals surface area contributed by atoms with E-state index in [-0.39, 0.29) is 0 Å². The number of nitrogens with zero attached hydrogens (tertiary/aromatic N) is 2. The molecular weight excluding hydrogens is 412 g/mol. The summed E-state index contributed by atoms with van der Waals surface area (Å²) in [4.78, 5) is 2.46. The second kappa shape index (κ2) is 7.83. The standard InChI is InChI=1S/C32H37N2/c1-6-32(7-2)15-12-22(13-16-32)25-18-24-14-17-33(4)31-29-21(3)26-11-9-8-10-23(26)19-27(29)34(5)28(20-25)30(24)31/h8-11,14,17-20,22H,6-7,12-13,15-16H2,1-5H3/q+1. The van der Waals surface area contributed by atoms with E-state index in [9.17, 15) is 0 Å². The number of hydrogen-bond acceptors (Lipinski definition) is 1. The fourth-order valence-electron chi connectivity index (χ4n) is 7.03. The van der Waals surface area contributed by atoms with Crippen molar-refractivity contribution in [1.29, 1.82) is 0 Å². The second-order valence-electron chi connectivity index (χ2n) is 10.9. The number of fused-ring (bicyclic) bond motifs is 3. The van der Waals surface area contributed by atoms with Gasteiger partial charge in [-0.1, -0.05) is 57.0 Å². The van der Waals surface area contributed by atoms with Gasteiger partial charge in [-0.3, -0.25) is 0 Å². The van der Waals surface area contributed by atoms with Gasteiger partial charge in [0.15, 0.2) is 6.20 Å². The third kappa shape index (κ3) is 3.04. The van der Waals surface area contributed by atoms with Gasteiger partial charge in [-0.2, -0.15) is 0 Å². The summed E-state index contributed by atoms with van der Waals surface area (Å²) < 4.78 is 2.33. The Morgan fingerprint density at radius 1 is 0.941 bits per heavy atom. The van der Waals surface area contributed by atoms with Crippen LogP contribution < -0.4 is 9.47 Å². The van der Waals surface area contributed by atoms with E-state index in [0.29, 0.717) is 11.3 Å². The summed E-state index contributed by atoms with van der Waals surface area (Å²) in [6, 6.07) is 18.6. The fourth-order valence-corrected chi connectivity index (χ4v) is 7.03. The molecule has 0 amide bonds. The molecule has 1 aromatic heterocycles. The summed E-state index contributed by atoms with van der Waals surface area (Å²) in [7, 11) is 4.47. The van der Waals surface area contributed by atoms with Crippen LogP contribution in [0.1, 0.15) is 69.4 Å². The van der Waals surface area contributed by atoms with Crippen molar-refractivity contribution in [3.05, 3.63) is 65.9 Å². The Balaban J connectivity index is 1.54. The molecule has 174 valence electrons. The molecule has 1 saturated carbocycles. The highest BCUT2D eigenvalue weighted by Crippen LogP contribution is 2.51. The maximum absolute atomic E-state index is 2.52. The molecule has 0 N–H and O–H groups in total. The van der Waals surface area contributed by atoms with Gasteiger partial charge >= 0.3 is 0 Å². The Morgan fingerprint density at radius 3 is 2.41 bits per heavy atom. The van der Waals surface area contributed by atoms with Gasteiger partial charge in [-0.15, -0.1) is 0 Å². The molecule has 2 aliphatic rings. The first kappa shape index (κ1) is 21.6. The number of pyridine rings is 1. The Bertz CT molecular complexity index is 1420. The molecule has 6 rings (SSSR count). The monoisotopic (exact) mass is 449 g/mol. The average Bonchev–Trinajstić information content (AvgIpc) is 2.88. The molecule has 0 radical (unpaired) electrons. The van der Waals surface area contributed by atoms with E-state index < -0.39 is 0 Å². The summed E-state index contributed by atoms with van der Waals surface area (Å²) in [5.41, 5.74) is 8.92. The summed E-state index contributed by atoms with van der Waals surface area (Å²) >= 11 is 0. The minimum Gasteiger partial charge on any atom is -0.343 e. The number of aromatic nitrogens is 1. The van der Waals surface area contributed by atoms with Crippen molar-refractivity contribution in [3.63, 3.8) is 0 Å². The molecule has 0 bridgehead atoms. The van der Waals surface area contributed by atoms with Crippen LogP contribution in [0, 0.1) is 12.3 Å². The first-order valence-electron chi connectivity index (χ1n) is 13.2. The van der Waals surface area contributed by atoms with Gasteiger partial charge in [0.05, 0.1) is 22.3 Å². The van der Waals surface area contributed by atoms with E-state index in [1.54, 1.807) is 0 Å². The van der Waals surface area contributed by atoms with Crippen LogP contribution in [0.25, 0.3) is 32.8 Å². The largest absolute Gasteiger partial charge is 0.343 e. The number of benzene rings is 3. The van der Waals surface area contributed by atoms with Gasteiger partial charge in [-0.25, -0.2) is 4.57 Å². The van der Waals surface area contributed by atoms with Gasteiger partial charge in [-0.05, 0) is 83.4 Å². The van der Waals surface area contributed by atoms with E-state index in [1.807, 2.05) is 0 Å². The van der Waals surface area contributed by atoms with Gasteiger partial charge in [0, 0.05) is 13.1 Å². The Morgan fingerprint density at radius 2 is 1.68 bits per heavy atom. The summed E-state index contributed by atoms with van der Waals surface area (Å²) in [6.07, 6.45) is 10.3. The molecule has 2 heteroatoms. The molecule has 3 aromatic carbocycles. The maximum Gasteiger partial charge on any atom is 0.224 e. The minimum absolute atomic E-state index is 0.580. The summed E-state index contributed by atoms with van der Waals surface area (Å²) in [6.45, 7) is 7.08. The lowest BCUT2D eigenvalue weighted by Gasteiger charge is -2.39. The average molecular weight is 450 g/mol. The highest BCUT2D eigenvalue weighted by Gasteiger charge is 2.35. The van der Waals surface area contributed by atoms with Crippen molar-refractivity contribution in [2.75, 3.05) is 11.9 Å². The van der Waals surface area contributed by atoms with Crippen LogP contribution in [0.15, 0.2) is 54.7 Å².